The topological polar surface area (TPSA) is 85.2 Å². The van der Waals surface area contributed by atoms with Gasteiger partial charge in [-0.3, -0.25) is 0 Å². The largest absolute Gasteiger partial charge is 0.459 e. The van der Waals surface area contributed by atoms with Crippen molar-refractivity contribution in [3.05, 3.63) is 35.1 Å². The molecule has 0 aromatic heterocycles. The molecule has 1 saturated carbocycles. The molecule has 2 aliphatic carbocycles. The SMILES string of the molecule is CC1=CC(O/C=C2/C(O)OC3[C@@H]2C=C2CCCC(C)(C)C23O)OC1=O. The van der Waals surface area contributed by atoms with Crippen LogP contribution in [0.5, 0.6) is 0 Å². The van der Waals surface area contributed by atoms with Crippen LogP contribution in [0.2, 0.25) is 0 Å². The van der Waals surface area contributed by atoms with Gasteiger partial charge >= 0.3 is 5.97 Å². The fourth-order valence-electron chi connectivity index (χ4n) is 4.57. The van der Waals surface area contributed by atoms with Crippen LogP contribution in [0.4, 0.5) is 0 Å². The van der Waals surface area contributed by atoms with E-state index in [1.165, 1.54) is 6.26 Å². The maximum atomic E-state index is 11.4. The zero-order chi connectivity index (χ0) is 18.0. The van der Waals surface area contributed by atoms with Gasteiger partial charge in [-0.2, -0.15) is 0 Å². The molecule has 136 valence electrons. The van der Waals surface area contributed by atoms with Crippen LogP contribution in [-0.2, 0) is 19.0 Å². The molecule has 0 aromatic carbocycles. The summed E-state index contributed by atoms with van der Waals surface area (Å²) in [6.45, 7) is 5.75. The van der Waals surface area contributed by atoms with Crippen molar-refractivity contribution in [2.45, 2.75) is 64.3 Å². The summed E-state index contributed by atoms with van der Waals surface area (Å²) in [5.41, 5.74) is 0.621. The predicted octanol–water partition coefficient (Wildman–Crippen LogP) is 1.93. The van der Waals surface area contributed by atoms with Crippen molar-refractivity contribution in [1.29, 1.82) is 0 Å². The van der Waals surface area contributed by atoms with E-state index in [1.54, 1.807) is 13.0 Å². The van der Waals surface area contributed by atoms with Crippen molar-refractivity contribution in [3.8, 4) is 0 Å². The van der Waals surface area contributed by atoms with Crippen molar-refractivity contribution in [2.75, 3.05) is 0 Å². The highest BCUT2D eigenvalue weighted by atomic mass is 16.7. The lowest BCUT2D eigenvalue weighted by molar-refractivity contribution is -0.180. The molecule has 25 heavy (non-hydrogen) atoms. The average Bonchev–Trinajstić information content (AvgIpc) is 3.11. The van der Waals surface area contributed by atoms with Gasteiger partial charge in [0.15, 0.2) is 6.29 Å². The number of aliphatic hydroxyl groups excluding tert-OH is 1. The highest BCUT2D eigenvalue weighted by molar-refractivity contribution is 5.89. The Labute approximate surface area is 146 Å². The Morgan fingerprint density at radius 1 is 1.36 bits per heavy atom. The van der Waals surface area contributed by atoms with Crippen LogP contribution in [0.15, 0.2) is 35.1 Å². The fourth-order valence-corrected chi connectivity index (χ4v) is 4.57. The first kappa shape index (κ1) is 16.8. The molecule has 0 spiro atoms. The van der Waals surface area contributed by atoms with Gasteiger partial charge in [0.05, 0.1) is 6.26 Å². The summed E-state index contributed by atoms with van der Waals surface area (Å²) in [5, 5.41) is 21.8. The third-order valence-corrected chi connectivity index (χ3v) is 6.10. The number of carbonyl (C=O) groups is 1. The van der Waals surface area contributed by atoms with Crippen molar-refractivity contribution >= 4 is 5.97 Å². The van der Waals surface area contributed by atoms with Crippen LogP contribution in [0, 0.1) is 11.3 Å². The summed E-state index contributed by atoms with van der Waals surface area (Å²) in [4.78, 5) is 11.4. The second-order valence-electron chi connectivity index (χ2n) is 8.01. The summed E-state index contributed by atoms with van der Waals surface area (Å²) in [5.74, 6) is -0.649. The van der Waals surface area contributed by atoms with E-state index in [-0.39, 0.29) is 11.3 Å². The number of hydrogen-bond acceptors (Lipinski definition) is 6. The number of rotatable bonds is 2. The van der Waals surface area contributed by atoms with E-state index < -0.39 is 30.3 Å². The average molecular weight is 348 g/mol. The molecule has 6 heteroatoms. The van der Waals surface area contributed by atoms with Crippen molar-refractivity contribution in [1.82, 2.24) is 0 Å². The van der Waals surface area contributed by atoms with Gasteiger partial charge in [-0.1, -0.05) is 19.9 Å². The fraction of sp³-hybridized carbons (Fsp3) is 0.632. The number of cyclic esters (lactones) is 1. The third kappa shape index (κ3) is 2.31. The van der Waals surface area contributed by atoms with E-state index in [0.29, 0.717) is 11.1 Å². The van der Waals surface area contributed by atoms with Crippen molar-refractivity contribution in [2.24, 2.45) is 11.3 Å². The summed E-state index contributed by atoms with van der Waals surface area (Å²) in [7, 11) is 0. The Hall–Kier alpha value is -1.63. The van der Waals surface area contributed by atoms with Crippen molar-refractivity contribution < 1.29 is 29.2 Å². The number of hydrogen-bond donors (Lipinski definition) is 2. The van der Waals surface area contributed by atoms with Crippen LogP contribution in [0.25, 0.3) is 0 Å². The number of aliphatic hydroxyl groups is 2. The first-order chi connectivity index (χ1) is 11.7. The molecule has 2 N–H and O–H groups in total. The van der Waals surface area contributed by atoms with Gasteiger partial charge in [0.1, 0.15) is 11.7 Å². The first-order valence-electron chi connectivity index (χ1n) is 8.76. The molecular formula is C19H24O6. The number of fused-ring (bicyclic) bond motifs is 3. The van der Waals surface area contributed by atoms with Crippen LogP contribution >= 0.6 is 0 Å². The van der Waals surface area contributed by atoms with Gasteiger partial charge in [-0.25, -0.2) is 4.79 Å². The van der Waals surface area contributed by atoms with Gasteiger partial charge in [0.25, 0.3) is 6.29 Å². The normalized spacial score (nSPS) is 43.4. The molecule has 2 heterocycles. The van der Waals surface area contributed by atoms with Gasteiger partial charge < -0.3 is 24.4 Å². The van der Waals surface area contributed by atoms with Crippen LogP contribution in [0.3, 0.4) is 0 Å². The minimum absolute atomic E-state index is 0.241. The Morgan fingerprint density at radius 3 is 2.80 bits per heavy atom. The zero-order valence-electron chi connectivity index (χ0n) is 14.7. The van der Waals surface area contributed by atoms with E-state index in [9.17, 15) is 15.0 Å². The van der Waals surface area contributed by atoms with E-state index in [0.717, 1.165) is 24.8 Å². The molecule has 4 rings (SSSR count). The minimum Gasteiger partial charge on any atom is -0.459 e. The molecule has 0 aromatic rings. The van der Waals surface area contributed by atoms with E-state index in [1.807, 2.05) is 19.9 Å². The highest BCUT2D eigenvalue weighted by Crippen LogP contribution is 2.58. The van der Waals surface area contributed by atoms with Gasteiger partial charge in [-0.15, -0.1) is 0 Å². The van der Waals surface area contributed by atoms with Crippen LogP contribution < -0.4 is 0 Å². The van der Waals surface area contributed by atoms with Gasteiger partial charge in [-0.05, 0) is 31.8 Å². The smallest absolute Gasteiger partial charge is 0.336 e. The summed E-state index contributed by atoms with van der Waals surface area (Å²) in [6.07, 6.45) is 5.32. The molecule has 0 amide bonds. The van der Waals surface area contributed by atoms with Crippen LogP contribution in [-0.4, -0.2) is 40.5 Å². The third-order valence-electron chi connectivity index (χ3n) is 6.10. The lowest BCUT2D eigenvalue weighted by Crippen LogP contribution is -2.55. The maximum absolute atomic E-state index is 11.4. The Kier molecular flexibility index (Phi) is 3.65. The molecule has 1 saturated heterocycles. The zero-order valence-corrected chi connectivity index (χ0v) is 14.7. The number of esters is 1. The maximum Gasteiger partial charge on any atom is 0.336 e. The number of carbonyl (C=O) groups excluding carboxylic acids is 1. The Morgan fingerprint density at radius 2 is 2.12 bits per heavy atom. The summed E-state index contributed by atoms with van der Waals surface area (Å²) in [6, 6.07) is 0. The molecular weight excluding hydrogens is 324 g/mol. The monoisotopic (exact) mass is 348 g/mol. The molecule has 2 aliphatic heterocycles. The lowest BCUT2D eigenvalue weighted by Gasteiger charge is -2.48. The molecule has 4 aliphatic rings. The predicted molar refractivity (Wildman–Crippen MR) is 87.8 cm³/mol. The van der Waals surface area contributed by atoms with E-state index in [4.69, 9.17) is 14.2 Å². The summed E-state index contributed by atoms with van der Waals surface area (Å²) >= 11 is 0. The molecule has 0 radical (unpaired) electrons. The van der Waals surface area contributed by atoms with E-state index >= 15 is 0 Å². The standard InChI is InChI=1S/C19H24O6/c1-10-7-14(24-16(10)20)23-9-13-12-8-11-5-4-6-18(2,3)19(11,22)15(12)25-17(13)21/h7-9,12,14-15,17,21-22H,4-6H2,1-3H3/b13-9+/t12-,14?,15?,17?,19?/m1/s1. The number of ether oxygens (including phenoxy) is 3. The highest BCUT2D eigenvalue weighted by Gasteiger charge is 2.63. The second-order valence-corrected chi connectivity index (χ2v) is 8.01. The molecule has 6 nitrogen and oxygen atoms in total. The van der Waals surface area contributed by atoms with Crippen LogP contribution in [0.1, 0.15) is 40.0 Å². The molecule has 2 fully saturated rings. The Balaban J connectivity index is 1.60. The summed E-state index contributed by atoms with van der Waals surface area (Å²) < 4.78 is 16.3. The molecule has 0 bridgehead atoms. The second kappa shape index (κ2) is 5.43. The quantitative estimate of drug-likeness (QED) is 0.451. The van der Waals surface area contributed by atoms with Crippen molar-refractivity contribution in [3.63, 3.8) is 0 Å². The Bertz CT molecular complexity index is 703. The molecule has 4 unspecified atom stereocenters. The van der Waals surface area contributed by atoms with Gasteiger partial charge in [0.2, 0.25) is 0 Å². The first-order valence-corrected chi connectivity index (χ1v) is 8.76. The lowest BCUT2D eigenvalue weighted by atomic mass is 9.62. The van der Waals surface area contributed by atoms with Gasteiger partial charge in [0, 0.05) is 28.6 Å². The molecule has 5 atom stereocenters. The minimum atomic E-state index is -1.14. The van der Waals surface area contributed by atoms with E-state index in [2.05, 4.69) is 0 Å².